The van der Waals surface area contributed by atoms with Crippen molar-refractivity contribution < 1.29 is 4.57 Å². The molecule has 4 rings (SSSR count). The molecule has 27 heavy (non-hydrogen) atoms. The van der Waals surface area contributed by atoms with Crippen LogP contribution in [0.25, 0.3) is 16.3 Å². The van der Waals surface area contributed by atoms with Crippen LogP contribution in [0.3, 0.4) is 0 Å². The molecule has 1 unspecified atom stereocenters. The average Bonchev–Trinajstić information content (AvgIpc) is 2.99. The Morgan fingerprint density at radius 3 is 2.81 bits per heavy atom. The first-order chi connectivity index (χ1) is 13.2. The Labute approximate surface area is 175 Å². The van der Waals surface area contributed by atoms with Crippen LogP contribution in [0.1, 0.15) is 43.2 Å². The van der Waals surface area contributed by atoms with Gasteiger partial charge in [0.25, 0.3) is 5.01 Å². The number of rotatable bonds is 5. The number of thiazole rings is 1. The lowest BCUT2D eigenvalue weighted by Gasteiger charge is -2.27. The zero-order valence-corrected chi connectivity index (χ0v) is 18.9. The summed E-state index contributed by atoms with van der Waals surface area (Å²) < 4.78 is 3.91. The molecule has 0 saturated carbocycles. The summed E-state index contributed by atoms with van der Waals surface area (Å²) in [5.74, 6) is 2.89. The van der Waals surface area contributed by atoms with Gasteiger partial charge in [-0.15, -0.1) is 0 Å². The molecule has 0 radical (unpaired) electrons. The van der Waals surface area contributed by atoms with Gasteiger partial charge in [0.05, 0.1) is 0 Å². The minimum Gasteiger partial charge on any atom is -0.172 e. The lowest BCUT2D eigenvalue weighted by molar-refractivity contribution is -0.646. The quantitative estimate of drug-likeness (QED) is 0.493. The summed E-state index contributed by atoms with van der Waals surface area (Å²) in [6, 6.07) is 6.99. The maximum atomic E-state index is 2.51. The van der Waals surface area contributed by atoms with E-state index in [-0.39, 0.29) is 0 Å². The van der Waals surface area contributed by atoms with Crippen LogP contribution >= 0.6 is 34.9 Å². The van der Waals surface area contributed by atoms with E-state index in [0.29, 0.717) is 0 Å². The van der Waals surface area contributed by atoms with Crippen molar-refractivity contribution in [1.82, 2.24) is 0 Å². The standard InChI is InChI=1S/C23H28NS3/c1-16-4-7-19-8-5-17(11-20(19)10-16)13-23-24(15-26-3)21-12-18(14-25-2)6-9-22(21)27-23/h6,9-13,19H,4-5,7-8,14-15H2,1-3H3/q+1/b17-13+. The van der Waals surface area contributed by atoms with Crippen LogP contribution in [0.4, 0.5) is 0 Å². The molecule has 1 aromatic carbocycles. The molecule has 2 aliphatic rings. The topological polar surface area (TPSA) is 3.88 Å². The predicted octanol–water partition coefficient (Wildman–Crippen LogP) is 6.83. The molecule has 0 fully saturated rings. The van der Waals surface area contributed by atoms with Crippen molar-refractivity contribution in [1.29, 1.82) is 0 Å². The van der Waals surface area contributed by atoms with E-state index in [0.717, 1.165) is 17.5 Å². The van der Waals surface area contributed by atoms with Gasteiger partial charge in [-0.1, -0.05) is 46.9 Å². The van der Waals surface area contributed by atoms with Crippen LogP contribution in [0, 0.1) is 5.92 Å². The third kappa shape index (κ3) is 4.23. The van der Waals surface area contributed by atoms with Crippen molar-refractivity contribution in [3.8, 4) is 0 Å². The molecule has 1 nitrogen and oxygen atoms in total. The van der Waals surface area contributed by atoms with Gasteiger partial charge in [-0.2, -0.15) is 16.3 Å². The molecule has 142 valence electrons. The number of nitrogens with zero attached hydrogens (tertiary/aromatic N) is 1. The van der Waals surface area contributed by atoms with Gasteiger partial charge in [0.15, 0.2) is 5.88 Å². The van der Waals surface area contributed by atoms with Gasteiger partial charge in [0.1, 0.15) is 4.70 Å². The normalized spacial score (nSPS) is 21.3. The monoisotopic (exact) mass is 414 g/mol. The maximum Gasteiger partial charge on any atom is 0.263 e. The minimum atomic E-state index is 0.792. The van der Waals surface area contributed by atoms with Crippen molar-refractivity contribution in [2.24, 2.45) is 5.92 Å². The highest BCUT2D eigenvalue weighted by molar-refractivity contribution is 7.97. The van der Waals surface area contributed by atoms with Crippen LogP contribution in [0.2, 0.25) is 0 Å². The number of thioether (sulfide) groups is 2. The zero-order chi connectivity index (χ0) is 18.8. The first-order valence-corrected chi connectivity index (χ1v) is 13.3. The summed E-state index contributed by atoms with van der Waals surface area (Å²) in [6.45, 7) is 2.28. The molecule has 0 spiro atoms. The summed E-state index contributed by atoms with van der Waals surface area (Å²) in [6.07, 6.45) is 16.9. The predicted molar refractivity (Wildman–Crippen MR) is 125 cm³/mol. The van der Waals surface area contributed by atoms with E-state index < -0.39 is 0 Å². The van der Waals surface area contributed by atoms with Gasteiger partial charge in [-0.25, -0.2) is 0 Å². The molecule has 1 atom stereocenters. The van der Waals surface area contributed by atoms with Crippen molar-refractivity contribution in [3.63, 3.8) is 0 Å². The smallest absolute Gasteiger partial charge is 0.172 e. The third-order valence-electron chi connectivity index (χ3n) is 5.58. The molecule has 0 bridgehead atoms. The van der Waals surface area contributed by atoms with E-state index in [9.17, 15) is 0 Å². The van der Waals surface area contributed by atoms with E-state index in [1.807, 2.05) is 34.9 Å². The van der Waals surface area contributed by atoms with E-state index in [4.69, 9.17) is 0 Å². The fraction of sp³-hybridized carbons (Fsp3) is 0.435. The molecule has 0 amide bonds. The van der Waals surface area contributed by atoms with Crippen LogP contribution in [-0.2, 0) is 11.6 Å². The second-order valence-electron chi connectivity index (χ2n) is 7.65. The molecule has 0 aliphatic heterocycles. The van der Waals surface area contributed by atoms with Gasteiger partial charge in [0, 0.05) is 17.9 Å². The highest BCUT2D eigenvalue weighted by Crippen LogP contribution is 2.38. The lowest BCUT2D eigenvalue weighted by atomic mass is 9.78. The average molecular weight is 415 g/mol. The molecule has 1 aromatic heterocycles. The molecule has 2 aliphatic carbocycles. The highest BCUT2D eigenvalue weighted by Gasteiger charge is 2.24. The van der Waals surface area contributed by atoms with Crippen LogP contribution < -0.4 is 4.57 Å². The van der Waals surface area contributed by atoms with E-state index in [1.54, 1.807) is 11.1 Å². The molecule has 1 heterocycles. The Bertz CT molecular complexity index is 932. The Kier molecular flexibility index (Phi) is 6.15. The van der Waals surface area contributed by atoms with Crippen molar-refractivity contribution >= 4 is 51.2 Å². The van der Waals surface area contributed by atoms with Crippen molar-refractivity contribution in [2.75, 3.05) is 12.5 Å². The number of hydrogen-bond acceptors (Lipinski definition) is 3. The SMILES string of the molecule is CSCc1ccc2sc(/C=C3/C=C4C=C(C)CCC4CC3)[n+](CSC)c2c1. The molecule has 0 saturated heterocycles. The highest BCUT2D eigenvalue weighted by atomic mass is 32.2. The van der Waals surface area contributed by atoms with Gasteiger partial charge in [-0.3, -0.25) is 0 Å². The Morgan fingerprint density at radius 1 is 1.15 bits per heavy atom. The zero-order valence-electron chi connectivity index (χ0n) is 16.5. The number of fused-ring (bicyclic) bond motifs is 2. The Balaban J connectivity index is 1.74. The summed E-state index contributed by atoms with van der Waals surface area (Å²) in [5.41, 5.74) is 7.42. The summed E-state index contributed by atoms with van der Waals surface area (Å²) >= 11 is 5.73. The number of allylic oxidation sites excluding steroid dienone is 5. The van der Waals surface area contributed by atoms with Crippen LogP contribution in [-0.4, -0.2) is 12.5 Å². The fourth-order valence-corrected chi connectivity index (χ4v) is 6.44. The Hall–Kier alpha value is -0.970. The second kappa shape index (κ2) is 8.59. The first kappa shape index (κ1) is 19.4. The molecule has 0 N–H and O–H groups in total. The van der Waals surface area contributed by atoms with Gasteiger partial charge in [-0.05, 0) is 73.8 Å². The van der Waals surface area contributed by atoms with Gasteiger partial charge in [0.2, 0.25) is 5.52 Å². The van der Waals surface area contributed by atoms with E-state index >= 15 is 0 Å². The van der Waals surface area contributed by atoms with Crippen LogP contribution in [0.15, 0.2) is 47.1 Å². The number of benzene rings is 1. The second-order valence-corrected chi connectivity index (χ2v) is 10.4. The summed E-state index contributed by atoms with van der Waals surface area (Å²) in [7, 11) is 0. The van der Waals surface area contributed by atoms with Crippen molar-refractivity contribution in [2.45, 2.75) is 44.2 Å². The third-order valence-corrected chi connectivity index (χ3v) is 7.83. The molecule has 4 heteroatoms. The first-order valence-electron chi connectivity index (χ1n) is 9.70. The fourth-order valence-electron chi connectivity index (χ4n) is 4.19. The largest absolute Gasteiger partial charge is 0.263 e. The summed E-state index contributed by atoms with van der Waals surface area (Å²) in [5, 5.41) is 1.39. The maximum absolute atomic E-state index is 2.51. The summed E-state index contributed by atoms with van der Waals surface area (Å²) in [4.78, 5) is 0. The molecular weight excluding hydrogens is 386 g/mol. The van der Waals surface area contributed by atoms with Crippen LogP contribution in [0.5, 0.6) is 0 Å². The number of aromatic nitrogens is 1. The lowest BCUT2D eigenvalue weighted by Crippen LogP contribution is -2.33. The Morgan fingerprint density at radius 2 is 2.00 bits per heavy atom. The van der Waals surface area contributed by atoms with Crippen molar-refractivity contribution in [3.05, 3.63) is 57.6 Å². The van der Waals surface area contributed by atoms with E-state index in [2.05, 4.69) is 60.4 Å². The minimum absolute atomic E-state index is 0.792. The van der Waals surface area contributed by atoms with Gasteiger partial charge < -0.3 is 0 Å². The van der Waals surface area contributed by atoms with Gasteiger partial charge >= 0.3 is 0 Å². The molecule has 2 aromatic rings. The number of hydrogen-bond donors (Lipinski definition) is 0. The molecular formula is C23H28NS3+. The van der Waals surface area contributed by atoms with E-state index in [1.165, 1.54) is 52.0 Å².